The van der Waals surface area contributed by atoms with Gasteiger partial charge in [0, 0.05) is 28.9 Å². The van der Waals surface area contributed by atoms with Gasteiger partial charge in [0.05, 0.1) is 18.4 Å². The summed E-state index contributed by atoms with van der Waals surface area (Å²) in [6.45, 7) is 2.11. The summed E-state index contributed by atoms with van der Waals surface area (Å²) in [6, 6.07) is 9.60. The first-order valence-electron chi connectivity index (χ1n) is 8.44. The average Bonchev–Trinajstić information content (AvgIpc) is 2.99. The quantitative estimate of drug-likeness (QED) is 0.392. The number of para-hydroxylation sites is 1. The normalized spacial score (nSPS) is 11.9. The molecule has 2 heterocycles. The SMILES string of the molecule is CCOC(=O)Cn1cc(/C=N\Nc2ccc(C(F)(F)F)cn2)c2ccccc21. The van der Waals surface area contributed by atoms with E-state index in [0.29, 0.717) is 6.61 Å². The molecule has 28 heavy (non-hydrogen) atoms. The molecule has 146 valence electrons. The molecule has 0 spiro atoms. The number of hydrogen-bond donors (Lipinski definition) is 1. The molecule has 2 aromatic heterocycles. The Bertz CT molecular complexity index is 995. The number of rotatable bonds is 6. The van der Waals surface area contributed by atoms with E-state index in [0.717, 1.165) is 28.7 Å². The van der Waals surface area contributed by atoms with Gasteiger partial charge in [-0.25, -0.2) is 4.98 Å². The van der Waals surface area contributed by atoms with E-state index in [1.165, 1.54) is 12.3 Å². The lowest BCUT2D eigenvalue weighted by Crippen LogP contribution is -2.12. The van der Waals surface area contributed by atoms with E-state index in [1.807, 2.05) is 24.3 Å². The van der Waals surface area contributed by atoms with Gasteiger partial charge >= 0.3 is 12.1 Å². The van der Waals surface area contributed by atoms with Crippen LogP contribution in [-0.2, 0) is 22.3 Å². The average molecular weight is 390 g/mol. The number of benzene rings is 1. The number of pyridine rings is 1. The molecule has 3 aromatic rings. The van der Waals surface area contributed by atoms with Gasteiger partial charge in [-0.2, -0.15) is 18.3 Å². The lowest BCUT2D eigenvalue weighted by atomic mass is 10.2. The number of carbonyl (C=O) groups excluding carboxylic acids is 1. The van der Waals surface area contributed by atoms with Crippen LogP contribution in [0, 0.1) is 0 Å². The van der Waals surface area contributed by atoms with Crippen molar-refractivity contribution in [3.63, 3.8) is 0 Å². The molecular weight excluding hydrogens is 373 g/mol. The van der Waals surface area contributed by atoms with Gasteiger partial charge in [0.2, 0.25) is 0 Å². The van der Waals surface area contributed by atoms with Gasteiger partial charge in [-0.3, -0.25) is 10.2 Å². The topological polar surface area (TPSA) is 68.5 Å². The number of nitrogens with zero attached hydrogens (tertiary/aromatic N) is 3. The van der Waals surface area contributed by atoms with Crippen molar-refractivity contribution in [2.24, 2.45) is 5.10 Å². The molecular formula is C19H17F3N4O2. The summed E-state index contributed by atoms with van der Waals surface area (Å²) in [7, 11) is 0. The number of nitrogens with one attached hydrogen (secondary N) is 1. The van der Waals surface area contributed by atoms with Crippen molar-refractivity contribution in [1.82, 2.24) is 9.55 Å². The predicted molar refractivity (Wildman–Crippen MR) is 99.0 cm³/mol. The van der Waals surface area contributed by atoms with Crippen molar-refractivity contribution in [3.05, 3.63) is 59.9 Å². The van der Waals surface area contributed by atoms with Crippen molar-refractivity contribution in [2.75, 3.05) is 12.0 Å². The second kappa shape index (κ2) is 8.12. The number of fused-ring (bicyclic) bond motifs is 1. The molecule has 3 rings (SSSR count). The molecule has 0 fully saturated rings. The number of hydrazone groups is 1. The van der Waals surface area contributed by atoms with Crippen molar-refractivity contribution < 1.29 is 22.7 Å². The highest BCUT2D eigenvalue weighted by molar-refractivity contribution is 6.00. The second-order valence-corrected chi connectivity index (χ2v) is 5.83. The third kappa shape index (κ3) is 4.48. The lowest BCUT2D eigenvalue weighted by Gasteiger charge is -2.06. The summed E-state index contributed by atoms with van der Waals surface area (Å²) in [5, 5.41) is 4.91. The summed E-state index contributed by atoms with van der Waals surface area (Å²) >= 11 is 0. The maximum atomic E-state index is 12.6. The summed E-state index contributed by atoms with van der Waals surface area (Å²) in [5.74, 6) is -0.168. The van der Waals surface area contributed by atoms with E-state index < -0.39 is 11.7 Å². The Hall–Kier alpha value is -3.36. The molecule has 1 N–H and O–H groups in total. The zero-order valence-corrected chi connectivity index (χ0v) is 14.9. The van der Waals surface area contributed by atoms with E-state index in [9.17, 15) is 18.0 Å². The summed E-state index contributed by atoms with van der Waals surface area (Å²) in [5.41, 5.74) is 3.34. The molecule has 0 aliphatic carbocycles. The Morgan fingerprint density at radius 1 is 1.29 bits per heavy atom. The molecule has 0 saturated carbocycles. The fourth-order valence-electron chi connectivity index (χ4n) is 2.65. The molecule has 0 saturated heterocycles. The maximum absolute atomic E-state index is 12.6. The lowest BCUT2D eigenvalue weighted by molar-refractivity contribution is -0.143. The molecule has 0 atom stereocenters. The minimum absolute atomic E-state index is 0.0656. The molecule has 0 radical (unpaired) electrons. The van der Waals surface area contributed by atoms with E-state index in [1.54, 1.807) is 17.7 Å². The largest absolute Gasteiger partial charge is 0.465 e. The molecule has 0 bridgehead atoms. The minimum atomic E-state index is -4.43. The Balaban J connectivity index is 1.77. The fourth-order valence-corrected chi connectivity index (χ4v) is 2.65. The number of esters is 1. The zero-order valence-electron chi connectivity index (χ0n) is 14.9. The van der Waals surface area contributed by atoms with Gasteiger partial charge in [-0.1, -0.05) is 18.2 Å². The highest BCUT2D eigenvalue weighted by Gasteiger charge is 2.30. The molecule has 6 nitrogen and oxygen atoms in total. The van der Waals surface area contributed by atoms with Crippen molar-refractivity contribution in [3.8, 4) is 0 Å². The number of alkyl halides is 3. The molecule has 1 aromatic carbocycles. The van der Waals surface area contributed by atoms with Crippen LogP contribution in [0.5, 0.6) is 0 Å². The van der Waals surface area contributed by atoms with Gasteiger partial charge in [0.15, 0.2) is 0 Å². The third-order valence-corrected chi connectivity index (χ3v) is 3.90. The molecule has 0 amide bonds. The first kappa shape index (κ1) is 19.4. The number of aromatic nitrogens is 2. The summed E-state index contributed by atoms with van der Waals surface area (Å²) in [6.07, 6.45) is -0.422. The van der Waals surface area contributed by atoms with Crippen molar-refractivity contribution in [1.29, 1.82) is 0 Å². The van der Waals surface area contributed by atoms with Crippen LogP contribution < -0.4 is 5.43 Å². The van der Waals surface area contributed by atoms with Crippen LogP contribution in [0.2, 0.25) is 0 Å². The molecule has 9 heteroatoms. The van der Waals surface area contributed by atoms with E-state index >= 15 is 0 Å². The van der Waals surface area contributed by atoms with Crippen LogP contribution in [0.1, 0.15) is 18.1 Å². The number of carbonyl (C=O) groups is 1. The fraction of sp³-hybridized carbons (Fsp3) is 0.211. The van der Waals surface area contributed by atoms with Crippen LogP contribution in [0.15, 0.2) is 53.9 Å². The number of hydrogen-bond acceptors (Lipinski definition) is 5. The van der Waals surface area contributed by atoms with Crippen molar-refractivity contribution in [2.45, 2.75) is 19.6 Å². The third-order valence-electron chi connectivity index (χ3n) is 3.90. The first-order chi connectivity index (χ1) is 13.4. The summed E-state index contributed by atoms with van der Waals surface area (Å²) < 4.78 is 44.4. The molecule has 0 aliphatic heterocycles. The van der Waals surface area contributed by atoms with Crippen LogP contribution in [0.25, 0.3) is 10.9 Å². The predicted octanol–water partition coefficient (Wildman–Crippen LogP) is 4.06. The highest BCUT2D eigenvalue weighted by atomic mass is 19.4. The maximum Gasteiger partial charge on any atom is 0.417 e. The number of ether oxygens (including phenoxy) is 1. The molecule has 0 unspecified atom stereocenters. The Morgan fingerprint density at radius 2 is 2.07 bits per heavy atom. The Morgan fingerprint density at radius 3 is 2.75 bits per heavy atom. The second-order valence-electron chi connectivity index (χ2n) is 5.83. The van der Waals surface area contributed by atoms with Crippen LogP contribution in [0.3, 0.4) is 0 Å². The highest BCUT2D eigenvalue weighted by Crippen LogP contribution is 2.28. The van der Waals surface area contributed by atoms with E-state index in [2.05, 4.69) is 15.5 Å². The van der Waals surface area contributed by atoms with Gasteiger partial charge < -0.3 is 9.30 Å². The van der Waals surface area contributed by atoms with E-state index in [4.69, 9.17) is 4.74 Å². The van der Waals surface area contributed by atoms with Crippen LogP contribution >= 0.6 is 0 Å². The van der Waals surface area contributed by atoms with Gasteiger partial charge in [0.25, 0.3) is 0 Å². The van der Waals surface area contributed by atoms with Gasteiger partial charge in [-0.15, -0.1) is 0 Å². The summed E-state index contributed by atoms with van der Waals surface area (Å²) in [4.78, 5) is 15.5. The Kier molecular flexibility index (Phi) is 5.62. The van der Waals surface area contributed by atoms with Crippen molar-refractivity contribution >= 4 is 28.9 Å². The van der Waals surface area contributed by atoms with Gasteiger partial charge in [0.1, 0.15) is 12.4 Å². The number of anilines is 1. The standard InChI is InChI=1S/C19H17F3N4O2/c1-2-28-18(27)12-26-11-13(15-5-3-4-6-16(15)26)9-24-25-17-8-7-14(10-23-17)19(20,21)22/h3-11H,2,12H2,1H3,(H,23,25)/b24-9-. The smallest absolute Gasteiger partial charge is 0.417 e. The van der Waals surface area contributed by atoms with Gasteiger partial charge in [-0.05, 0) is 25.1 Å². The number of halogens is 3. The monoisotopic (exact) mass is 390 g/mol. The minimum Gasteiger partial charge on any atom is -0.465 e. The zero-order chi connectivity index (χ0) is 20.1. The Labute approximate surface area is 158 Å². The first-order valence-corrected chi connectivity index (χ1v) is 8.44. The van der Waals surface area contributed by atoms with Crippen LogP contribution in [-0.4, -0.2) is 28.3 Å². The van der Waals surface area contributed by atoms with E-state index in [-0.39, 0.29) is 18.3 Å². The molecule has 0 aliphatic rings. The van der Waals surface area contributed by atoms with Crippen LogP contribution in [0.4, 0.5) is 19.0 Å².